The van der Waals surface area contributed by atoms with Crippen molar-refractivity contribution in [3.8, 4) is 0 Å². The fraction of sp³-hybridized carbons (Fsp3) is 0.278. The monoisotopic (exact) mass is 391 g/mol. The number of aliphatic hydroxyl groups is 1. The predicted octanol–water partition coefficient (Wildman–Crippen LogP) is 2.29. The molecule has 0 saturated carbocycles. The predicted molar refractivity (Wildman–Crippen MR) is 104 cm³/mol. The molecule has 6 nitrogen and oxygen atoms in total. The zero-order valence-corrected chi connectivity index (χ0v) is 15.9. The average molecular weight is 392 g/mol. The van der Waals surface area contributed by atoms with Gasteiger partial charge in [0.1, 0.15) is 0 Å². The zero-order valence-electron chi connectivity index (χ0n) is 14.3. The summed E-state index contributed by atoms with van der Waals surface area (Å²) in [6, 6.07) is 8.30. The Morgan fingerprint density at radius 3 is 2.81 bits per heavy atom. The molecule has 0 aliphatic heterocycles. The lowest BCUT2D eigenvalue weighted by Crippen LogP contribution is -2.40. The maximum absolute atomic E-state index is 12.6. The third-order valence-corrected chi connectivity index (χ3v) is 6.28. The third kappa shape index (κ3) is 4.66. The lowest BCUT2D eigenvalue weighted by Gasteiger charge is -2.17. The Hall–Kier alpha value is -1.84. The molecule has 0 aliphatic rings. The van der Waals surface area contributed by atoms with E-state index in [2.05, 4.69) is 15.0 Å². The summed E-state index contributed by atoms with van der Waals surface area (Å²) in [6.45, 7) is 2.57. The summed E-state index contributed by atoms with van der Waals surface area (Å²) >= 11 is 1.53. The smallest absolute Gasteiger partial charge is 0.240 e. The van der Waals surface area contributed by atoms with Gasteiger partial charge in [-0.15, -0.1) is 0 Å². The highest BCUT2D eigenvalue weighted by atomic mass is 32.2. The Balaban J connectivity index is 1.57. The van der Waals surface area contributed by atoms with Crippen molar-refractivity contribution < 1.29 is 13.5 Å². The molecule has 2 unspecified atom stereocenters. The number of aliphatic hydroxyl groups excluding tert-OH is 1. The topological polar surface area (TPSA) is 91.3 Å². The van der Waals surface area contributed by atoms with E-state index in [0.717, 1.165) is 16.3 Å². The van der Waals surface area contributed by atoms with Crippen LogP contribution in [-0.2, 0) is 10.0 Å². The standard InChI is InChI=1S/C18H21N3O3S2/c1-13(9-20-11-18(22)16-5-7-25-12-16)21-26(23,24)17-3-2-15-10-19-6-4-14(15)8-17/h2-8,10,12-13,18,20-22H,9,11H2,1H3. The molecule has 26 heavy (non-hydrogen) atoms. The van der Waals surface area contributed by atoms with E-state index in [1.807, 2.05) is 16.8 Å². The van der Waals surface area contributed by atoms with E-state index in [0.29, 0.717) is 13.1 Å². The number of nitrogens with one attached hydrogen (secondary N) is 2. The Morgan fingerprint density at radius 1 is 1.19 bits per heavy atom. The van der Waals surface area contributed by atoms with Crippen molar-refractivity contribution in [1.82, 2.24) is 15.0 Å². The summed E-state index contributed by atoms with van der Waals surface area (Å²) < 4.78 is 27.8. The lowest BCUT2D eigenvalue weighted by atomic mass is 10.2. The van der Waals surface area contributed by atoms with Gasteiger partial charge in [-0.05, 0) is 52.9 Å². The summed E-state index contributed by atoms with van der Waals surface area (Å²) in [4.78, 5) is 4.25. The fourth-order valence-electron chi connectivity index (χ4n) is 2.62. The van der Waals surface area contributed by atoms with Gasteiger partial charge in [-0.25, -0.2) is 13.1 Å². The minimum absolute atomic E-state index is 0.223. The molecule has 2 aromatic heterocycles. The van der Waals surface area contributed by atoms with Crippen molar-refractivity contribution >= 4 is 32.1 Å². The van der Waals surface area contributed by atoms with Crippen LogP contribution in [0.25, 0.3) is 10.8 Å². The van der Waals surface area contributed by atoms with Crippen molar-refractivity contribution in [2.24, 2.45) is 0 Å². The van der Waals surface area contributed by atoms with Gasteiger partial charge in [0.2, 0.25) is 10.0 Å². The van der Waals surface area contributed by atoms with Crippen LogP contribution >= 0.6 is 11.3 Å². The molecule has 0 radical (unpaired) electrons. The van der Waals surface area contributed by atoms with Crippen molar-refractivity contribution in [1.29, 1.82) is 0 Å². The Bertz CT molecular complexity index is 959. The molecule has 3 N–H and O–H groups in total. The number of nitrogens with zero attached hydrogens (tertiary/aromatic N) is 1. The molecule has 0 bridgehead atoms. The second-order valence-corrected chi connectivity index (χ2v) is 8.63. The molecule has 0 fully saturated rings. The first-order chi connectivity index (χ1) is 12.5. The maximum Gasteiger partial charge on any atom is 0.240 e. The number of thiophene rings is 1. The van der Waals surface area contributed by atoms with E-state index in [9.17, 15) is 13.5 Å². The van der Waals surface area contributed by atoms with Crippen LogP contribution in [0.4, 0.5) is 0 Å². The zero-order chi connectivity index (χ0) is 18.6. The van der Waals surface area contributed by atoms with Gasteiger partial charge in [-0.1, -0.05) is 6.07 Å². The van der Waals surface area contributed by atoms with Crippen LogP contribution < -0.4 is 10.0 Å². The average Bonchev–Trinajstić information content (AvgIpc) is 3.15. The van der Waals surface area contributed by atoms with Crippen molar-refractivity contribution in [3.63, 3.8) is 0 Å². The SMILES string of the molecule is CC(CNCC(O)c1ccsc1)NS(=O)(=O)c1ccc2cnccc2c1. The van der Waals surface area contributed by atoms with E-state index in [4.69, 9.17) is 0 Å². The number of aromatic nitrogens is 1. The molecule has 0 spiro atoms. The largest absolute Gasteiger partial charge is 0.387 e. The van der Waals surface area contributed by atoms with E-state index in [1.165, 1.54) is 11.3 Å². The van der Waals surface area contributed by atoms with Crippen molar-refractivity contribution in [2.75, 3.05) is 13.1 Å². The van der Waals surface area contributed by atoms with Gasteiger partial charge in [0.05, 0.1) is 11.0 Å². The number of rotatable bonds is 8. The van der Waals surface area contributed by atoms with Gasteiger partial charge in [0, 0.05) is 36.9 Å². The first-order valence-electron chi connectivity index (χ1n) is 8.23. The first kappa shape index (κ1) is 18.9. The van der Waals surface area contributed by atoms with Gasteiger partial charge < -0.3 is 10.4 Å². The number of hydrogen-bond donors (Lipinski definition) is 3. The van der Waals surface area contributed by atoms with Gasteiger partial charge in [-0.2, -0.15) is 11.3 Å². The number of pyridine rings is 1. The highest BCUT2D eigenvalue weighted by Crippen LogP contribution is 2.18. The minimum Gasteiger partial charge on any atom is -0.387 e. The molecule has 1 aromatic carbocycles. The van der Waals surface area contributed by atoms with Crippen LogP contribution in [0.5, 0.6) is 0 Å². The summed E-state index contributed by atoms with van der Waals surface area (Å²) in [6.07, 6.45) is 2.74. The van der Waals surface area contributed by atoms with Crippen LogP contribution in [0.3, 0.4) is 0 Å². The second-order valence-electron chi connectivity index (χ2n) is 6.14. The number of hydrogen-bond acceptors (Lipinski definition) is 6. The third-order valence-electron chi connectivity index (χ3n) is 3.99. The molecule has 3 aromatic rings. The van der Waals surface area contributed by atoms with Crippen molar-refractivity contribution in [2.45, 2.75) is 24.0 Å². The van der Waals surface area contributed by atoms with Crippen LogP contribution in [0.15, 0.2) is 58.4 Å². The molecule has 3 rings (SSSR count). The summed E-state index contributed by atoms with van der Waals surface area (Å²) in [5.74, 6) is 0. The van der Waals surface area contributed by atoms with E-state index < -0.39 is 16.1 Å². The highest BCUT2D eigenvalue weighted by molar-refractivity contribution is 7.89. The highest BCUT2D eigenvalue weighted by Gasteiger charge is 2.18. The quantitative estimate of drug-likeness (QED) is 0.548. The number of benzene rings is 1. The second kappa shape index (κ2) is 8.24. The van der Waals surface area contributed by atoms with Gasteiger partial charge in [0.15, 0.2) is 0 Å². The van der Waals surface area contributed by atoms with Crippen LogP contribution in [0.1, 0.15) is 18.6 Å². The number of fused-ring (bicyclic) bond motifs is 1. The van der Waals surface area contributed by atoms with Gasteiger partial charge in [-0.3, -0.25) is 4.98 Å². The molecule has 2 heterocycles. The Labute approximate surface area is 157 Å². The van der Waals surface area contributed by atoms with Crippen LogP contribution in [0, 0.1) is 0 Å². The molecular formula is C18H21N3O3S2. The van der Waals surface area contributed by atoms with Crippen LogP contribution in [0.2, 0.25) is 0 Å². The summed E-state index contributed by atoms with van der Waals surface area (Å²) in [5.41, 5.74) is 0.862. The van der Waals surface area contributed by atoms with E-state index in [1.54, 1.807) is 43.6 Å². The molecule has 8 heteroatoms. The maximum atomic E-state index is 12.6. The molecule has 0 saturated heterocycles. The molecular weight excluding hydrogens is 370 g/mol. The van der Waals surface area contributed by atoms with Crippen LogP contribution in [-0.4, -0.2) is 37.6 Å². The molecule has 138 valence electrons. The molecule has 0 aliphatic carbocycles. The number of sulfonamides is 1. The first-order valence-corrected chi connectivity index (χ1v) is 10.7. The Morgan fingerprint density at radius 2 is 2.04 bits per heavy atom. The summed E-state index contributed by atoms with van der Waals surface area (Å²) in [5, 5.41) is 18.7. The summed E-state index contributed by atoms with van der Waals surface area (Å²) in [7, 11) is -3.62. The van der Waals surface area contributed by atoms with E-state index in [-0.39, 0.29) is 10.9 Å². The normalized spacial score (nSPS) is 14.4. The van der Waals surface area contributed by atoms with Crippen molar-refractivity contribution in [3.05, 3.63) is 59.0 Å². The van der Waals surface area contributed by atoms with Gasteiger partial charge >= 0.3 is 0 Å². The Kier molecular flexibility index (Phi) is 6.00. The lowest BCUT2D eigenvalue weighted by molar-refractivity contribution is 0.174. The molecule has 2 atom stereocenters. The van der Waals surface area contributed by atoms with E-state index >= 15 is 0 Å². The minimum atomic E-state index is -3.62. The molecule has 0 amide bonds. The fourth-order valence-corrected chi connectivity index (χ4v) is 4.61. The van der Waals surface area contributed by atoms with Gasteiger partial charge in [0.25, 0.3) is 0 Å².